The van der Waals surface area contributed by atoms with Crippen molar-refractivity contribution < 1.29 is 9.18 Å². The summed E-state index contributed by atoms with van der Waals surface area (Å²) in [6, 6.07) is 14.2. The highest BCUT2D eigenvalue weighted by Crippen LogP contribution is 2.23. The van der Waals surface area contributed by atoms with Gasteiger partial charge in [0.1, 0.15) is 5.82 Å². The average molecular weight is 368 g/mol. The van der Waals surface area contributed by atoms with E-state index in [-0.39, 0.29) is 17.0 Å². The summed E-state index contributed by atoms with van der Waals surface area (Å²) in [5.41, 5.74) is 0.722. The van der Waals surface area contributed by atoms with Gasteiger partial charge in [-0.25, -0.2) is 4.39 Å². The van der Waals surface area contributed by atoms with Gasteiger partial charge in [0.25, 0.3) is 0 Å². The lowest BCUT2D eigenvalue weighted by Gasteiger charge is -2.12. The first kappa shape index (κ1) is 16.0. The molecule has 110 valence electrons. The third kappa shape index (κ3) is 4.86. The zero-order valence-electron chi connectivity index (χ0n) is 11.5. The number of hydrogen-bond donors (Lipinski definition) is 1. The van der Waals surface area contributed by atoms with E-state index in [4.69, 9.17) is 0 Å². The maximum atomic E-state index is 13.2. The predicted molar refractivity (Wildman–Crippen MR) is 87.7 cm³/mol. The van der Waals surface area contributed by atoms with Crippen molar-refractivity contribution in [3.8, 4) is 0 Å². The summed E-state index contributed by atoms with van der Waals surface area (Å²) in [5.74, 6) is -0.380. The maximum absolute atomic E-state index is 13.2. The van der Waals surface area contributed by atoms with Crippen LogP contribution in [0.1, 0.15) is 12.5 Å². The standard InChI is InChI=1S/C16H15BrFNOS/c1-11(21-14-5-3-2-4-6-14)16(20)19-10-12-9-13(18)7-8-15(12)17/h2-9,11H,10H2,1H3,(H,19,20). The molecule has 2 rings (SSSR count). The van der Waals surface area contributed by atoms with Crippen molar-refractivity contribution in [2.24, 2.45) is 0 Å². The normalized spacial score (nSPS) is 12.0. The largest absolute Gasteiger partial charge is 0.351 e. The topological polar surface area (TPSA) is 29.1 Å². The highest BCUT2D eigenvalue weighted by atomic mass is 79.9. The van der Waals surface area contributed by atoms with Crippen LogP contribution < -0.4 is 5.32 Å². The van der Waals surface area contributed by atoms with E-state index in [0.717, 1.165) is 14.9 Å². The number of thioether (sulfide) groups is 1. The van der Waals surface area contributed by atoms with Gasteiger partial charge < -0.3 is 5.32 Å². The molecule has 5 heteroatoms. The molecule has 0 spiro atoms. The number of carbonyl (C=O) groups excluding carboxylic acids is 1. The van der Waals surface area contributed by atoms with Gasteiger partial charge in [-0.15, -0.1) is 11.8 Å². The molecular weight excluding hydrogens is 353 g/mol. The van der Waals surface area contributed by atoms with E-state index in [1.165, 1.54) is 23.9 Å². The molecule has 0 aliphatic heterocycles. The van der Waals surface area contributed by atoms with Crippen molar-refractivity contribution in [3.05, 3.63) is 64.4 Å². The molecule has 0 aliphatic carbocycles. The number of nitrogens with one attached hydrogen (secondary N) is 1. The van der Waals surface area contributed by atoms with Gasteiger partial charge >= 0.3 is 0 Å². The lowest BCUT2D eigenvalue weighted by atomic mass is 10.2. The molecule has 2 nitrogen and oxygen atoms in total. The fourth-order valence-corrected chi connectivity index (χ4v) is 3.06. The van der Waals surface area contributed by atoms with Gasteiger partial charge in [0, 0.05) is 15.9 Å². The summed E-state index contributed by atoms with van der Waals surface area (Å²) in [7, 11) is 0. The molecule has 0 aromatic heterocycles. The Morgan fingerprint density at radius 2 is 2.00 bits per heavy atom. The molecule has 1 unspecified atom stereocenters. The fraction of sp³-hybridized carbons (Fsp3) is 0.188. The Morgan fingerprint density at radius 1 is 1.29 bits per heavy atom. The van der Waals surface area contributed by atoms with Gasteiger partial charge in [0.05, 0.1) is 5.25 Å². The summed E-state index contributed by atoms with van der Waals surface area (Å²) in [5, 5.41) is 2.62. The molecule has 1 atom stereocenters. The number of carbonyl (C=O) groups is 1. The Bertz CT molecular complexity index is 621. The number of halogens is 2. The van der Waals surface area contributed by atoms with E-state index in [1.807, 2.05) is 37.3 Å². The zero-order chi connectivity index (χ0) is 15.2. The van der Waals surface area contributed by atoms with Crippen LogP contribution in [0.3, 0.4) is 0 Å². The number of amides is 1. The molecule has 0 radical (unpaired) electrons. The van der Waals surface area contributed by atoms with Crippen LogP contribution in [0, 0.1) is 5.82 Å². The first-order valence-corrected chi connectivity index (χ1v) is 8.17. The summed E-state index contributed by atoms with van der Waals surface area (Å²) >= 11 is 4.84. The van der Waals surface area contributed by atoms with Crippen LogP contribution in [0.5, 0.6) is 0 Å². The average Bonchev–Trinajstić information content (AvgIpc) is 2.49. The van der Waals surface area contributed by atoms with Gasteiger partial charge in [-0.1, -0.05) is 34.1 Å². The third-order valence-corrected chi connectivity index (χ3v) is 4.77. The quantitative estimate of drug-likeness (QED) is 0.794. The molecule has 0 saturated carbocycles. The Labute approximate surface area is 136 Å². The number of benzene rings is 2. The first-order chi connectivity index (χ1) is 10.1. The van der Waals surface area contributed by atoms with E-state index in [1.54, 1.807) is 6.07 Å². The van der Waals surface area contributed by atoms with Crippen LogP contribution in [-0.4, -0.2) is 11.2 Å². The van der Waals surface area contributed by atoms with Crippen molar-refractivity contribution in [1.82, 2.24) is 5.32 Å². The molecule has 0 aliphatic rings. The Hall–Kier alpha value is -1.33. The minimum atomic E-state index is -0.311. The number of hydrogen-bond acceptors (Lipinski definition) is 2. The van der Waals surface area contributed by atoms with E-state index in [2.05, 4.69) is 21.2 Å². The third-order valence-electron chi connectivity index (χ3n) is 2.89. The molecule has 1 N–H and O–H groups in total. The first-order valence-electron chi connectivity index (χ1n) is 6.49. The molecular formula is C16H15BrFNOS. The second kappa shape index (κ2) is 7.61. The molecule has 1 amide bonds. The second-order valence-electron chi connectivity index (χ2n) is 4.53. The summed E-state index contributed by atoms with van der Waals surface area (Å²) < 4.78 is 14.0. The highest BCUT2D eigenvalue weighted by Gasteiger charge is 2.14. The SMILES string of the molecule is CC(Sc1ccccc1)C(=O)NCc1cc(F)ccc1Br. The van der Waals surface area contributed by atoms with Crippen molar-refractivity contribution in [2.75, 3.05) is 0 Å². The highest BCUT2D eigenvalue weighted by molar-refractivity contribution is 9.10. The molecule has 0 fully saturated rings. The smallest absolute Gasteiger partial charge is 0.233 e. The molecule has 0 heterocycles. The van der Waals surface area contributed by atoms with Gasteiger partial charge in [0.2, 0.25) is 5.91 Å². The lowest BCUT2D eigenvalue weighted by Crippen LogP contribution is -2.30. The van der Waals surface area contributed by atoms with Crippen molar-refractivity contribution in [2.45, 2.75) is 23.6 Å². The lowest BCUT2D eigenvalue weighted by molar-refractivity contribution is -0.120. The Balaban J connectivity index is 1.91. The predicted octanol–water partition coefficient (Wildman–Crippen LogP) is 4.39. The fourth-order valence-electron chi connectivity index (χ4n) is 1.76. The summed E-state index contributed by atoms with van der Waals surface area (Å²) in [6.07, 6.45) is 0. The van der Waals surface area contributed by atoms with E-state index >= 15 is 0 Å². The van der Waals surface area contributed by atoms with E-state index < -0.39 is 0 Å². The van der Waals surface area contributed by atoms with Crippen LogP contribution in [0.4, 0.5) is 4.39 Å². The monoisotopic (exact) mass is 367 g/mol. The second-order valence-corrected chi connectivity index (χ2v) is 6.80. The van der Waals surface area contributed by atoms with E-state index in [0.29, 0.717) is 6.54 Å². The summed E-state index contributed by atoms with van der Waals surface area (Å²) in [6.45, 7) is 2.16. The van der Waals surface area contributed by atoms with Gasteiger partial charge in [-0.3, -0.25) is 4.79 Å². The van der Waals surface area contributed by atoms with Crippen molar-refractivity contribution in [3.63, 3.8) is 0 Å². The minimum absolute atomic E-state index is 0.0694. The molecule has 2 aromatic rings. The van der Waals surface area contributed by atoms with Crippen LogP contribution in [0.25, 0.3) is 0 Å². The molecule has 0 bridgehead atoms. The van der Waals surface area contributed by atoms with Crippen LogP contribution >= 0.6 is 27.7 Å². The molecule has 21 heavy (non-hydrogen) atoms. The number of rotatable bonds is 5. The van der Waals surface area contributed by atoms with Crippen molar-refractivity contribution in [1.29, 1.82) is 0 Å². The van der Waals surface area contributed by atoms with Crippen LogP contribution in [-0.2, 0) is 11.3 Å². The van der Waals surface area contributed by atoms with E-state index in [9.17, 15) is 9.18 Å². The van der Waals surface area contributed by atoms with Gasteiger partial charge in [0.15, 0.2) is 0 Å². The summed E-state index contributed by atoms with van der Waals surface area (Å²) in [4.78, 5) is 13.1. The molecule has 0 saturated heterocycles. The Kier molecular flexibility index (Phi) is 5.82. The molecule has 2 aromatic carbocycles. The van der Waals surface area contributed by atoms with Crippen molar-refractivity contribution >= 4 is 33.6 Å². The van der Waals surface area contributed by atoms with Crippen LogP contribution in [0.2, 0.25) is 0 Å². The van der Waals surface area contributed by atoms with Crippen LogP contribution in [0.15, 0.2) is 57.9 Å². The minimum Gasteiger partial charge on any atom is -0.351 e. The Morgan fingerprint density at radius 3 is 2.71 bits per heavy atom. The van der Waals surface area contributed by atoms with Gasteiger partial charge in [-0.2, -0.15) is 0 Å². The maximum Gasteiger partial charge on any atom is 0.233 e. The zero-order valence-corrected chi connectivity index (χ0v) is 13.9. The van der Waals surface area contributed by atoms with Gasteiger partial charge in [-0.05, 0) is 42.8 Å².